The van der Waals surface area contributed by atoms with Gasteiger partial charge in [-0.05, 0) is 36.5 Å². The first kappa shape index (κ1) is 15.9. The summed E-state index contributed by atoms with van der Waals surface area (Å²) >= 11 is 0. The topological polar surface area (TPSA) is 30.5 Å². The molecule has 108 valence electrons. The van der Waals surface area contributed by atoms with Crippen LogP contribution in [0.15, 0.2) is 0 Å². The Labute approximate surface area is 113 Å². The predicted molar refractivity (Wildman–Crippen MR) is 75.9 cm³/mol. The number of rotatable bonds is 8. The molecule has 0 aromatic rings. The minimum Gasteiger partial charge on any atom is -0.383 e. The summed E-state index contributed by atoms with van der Waals surface area (Å²) in [5.41, 5.74) is 0.385. The molecule has 0 spiro atoms. The van der Waals surface area contributed by atoms with Gasteiger partial charge in [0.15, 0.2) is 0 Å². The van der Waals surface area contributed by atoms with E-state index in [9.17, 15) is 0 Å². The van der Waals surface area contributed by atoms with Crippen molar-refractivity contribution in [3.63, 3.8) is 0 Å². The number of ether oxygens (including phenoxy) is 2. The Bertz CT molecular complexity index is 215. The molecule has 0 aromatic heterocycles. The van der Waals surface area contributed by atoms with E-state index in [1.54, 1.807) is 7.11 Å². The van der Waals surface area contributed by atoms with E-state index >= 15 is 0 Å². The van der Waals surface area contributed by atoms with Crippen LogP contribution in [-0.2, 0) is 9.47 Å². The summed E-state index contributed by atoms with van der Waals surface area (Å²) in [6, 6.07) is 0. The Morgan fingerprint density at radius 2 is 2.00 bits per heavy atom. The summed E-state index contributed by atoms with van der Waals surface area (Å²) < 4.78 is 10.5. The van der Waals surface area contributed by atoms with Gasteiger partial charge < -0.3 is 14.8 Å². The van der Waals surface area contributed by atoms with E-state index < -0.39 is 0 Å². The lowest BCUT2D eigenvalue weighted by Gasteiger charge is -2.38. The summed E-state index contributed by atoms with van der Waals surface area (Å²) in [7, 11) is 1.76. The molecule has 0 bridgehead atoms. The molecule has 0 aliphatic carbocycles. The molecule has 1 saturated heterocycles. The molecule has 0 saturated carbocycles. The largest absolute Gasteiger partial charge is 0.383 e. The molecule has 1 fully saturated rings. The van der Waals surface area contributed by atoms with Crippen LogP contribution in [0.2, 0.25) is 0 Å². The molecule has 3 nitrogen and oxygen atoms in total. The molecule has 1 heterocycles. The van der Waals surface area contributed by atoms with E-state index in [0.29, 0.717) is 11.3 Å². The maximum Gasteiger partial charge on any atom is 0.0587 e. The molecule has 1 unspecified atom stereocenters. The zero-order chi connectivity index (χ0) is 13.4. The molecule has 0 amide bonds. The predicted octanol–water partition coefficient (Wildman–Crippen LogP) is 2.70. The third-order valence-electron chi connectivity index (χ3n) is 4.50. The van der Waals surface area contributed by atoms with Crippen LogP contribution in [0.3, 0.4) is 0 Å². The van der Waals surface area contributed by atoms with Gasteiger partial charge in [0.05, 0.1) is 6.61 Å². The van der Waals surface area contributed by atoms with Gasteiger partial charge in [0.1, 0.15) is 0 Å². The molecule has 0 radical (unpaired) electrons. The molecule has 1 atom stereocenters. The molecule has 0 aromatic carbocycles. The highest BCUT2D eigenvalue weighted by atomic mass is 16.5. The van der Waals surface area contributed by atoms with E-state index in [2.05, 4.69) is 26.1 Å². The highest BCUT2D eigenvalue weighted by Crippen LogP contribution is 2.36. The smallest absolute Gasteiger partial charge is 0.0587 e. The molecule has 18 heavy (non-hydrogen) atoms. The number of nitrogens with one attached hydrogen (secondary N) is 1. The number of hydrogen-bond donors (Lipinski definition) is 1. The quantitative estimate of drug-likeness (QED) is 0.678. The average molecular weight is 257 g/mol. The maximum absolute atomic E-state index is 5.46. The zero-order valence-corrected chi connectivity index (χ0v) is 12.6. The van der Waals surface area contributed by atoms with Crippen LogP contribution in [0.4, 0.5) is 0 Å². The summed E-state index contributed by atoms with van der Waals surface area (Å²) in [6.45, 7) is 11.9. The van der Waals surface area contributed by atoms with Gasteiger partial charge in [-0.1, -0.05) is 20.8 Å². The lowest BCUT2D eigenvalue weighted by atomic mass is 9.71. The van der Waals surface area contributed by atoms with E-state index in [1.807, 2.05) is 0 Å². The van der Waals surface area contributed by atoms with Gasteiger partial charge in [0.2, 0.25) is 0 Å². The van der Waals surface area contributed by atoms with Crippen LogP contribution in [0.5, 0.6) is 0 Å². The van der Waals surface area contributed by atoms with Crippen molar-refractivity contribution in [1.82, 2.24) is 5.32 Å². The van der Waals surface area contributed by atoms with Crippen molar-refractivity contribution in [2.45, 2.75) is 40.0 Å². The van der Waals surface area contributed by atoms with Gasteiger partial charge >= 0.3 is 0 Å². The highest BCUT2D eigenvalue weighted by Gasteiger charge is 2.31. The first-order valence-electron chi connectivity index (χ1n) is 7.36. The lowest BCUT2D eigenvalue weighted by Crippen LogP contribution is -2.39. The Balaban J connectivity index is 2.40. The lowest BCUT2D eigenvalue weighted by molar-refractivity contribution is 0.0397. The van der Waals surface area contributed by atoms with Gasteiger partial charge in [0, 0.05) is 33.4 Å². The second-order valence-electron chi connectivity index (χ2n) is 6.24. The maximum atomic E-state index is 5.46. The standard InChI is InChI=1S/C15H31NO2/c1-13(2)15(3,12-16-7-10-17-4)11-14-5-8-18-9-6-14/h13-14,16H,5-12H2,1-4H3. The van der Waals surface area contributed by atoms with Crippen molar-refractivity contribution in [3.8, 4) is 0 Å². The van der Waals surface area contributed by atoms with Crippen LogP contribution in [-0.4, -0.2) is 40.0 Å². The van der Waals surface area contributed by atoms with Crippen LogP contribution in [0.1, 0.15) is 40.0 Å². The molecular weight excluding hydrogens is 226 g/mol. The Morgan fingerprint density at radius 1 is 1.33 bits per heavy atom. The first-order chi connectivity index (χ1) is 8.58. The summed E-state index contributed by atoms with van der Waals surface area (Å²) in [4.78, 5) is 0. The fourth-order valence-electron chi connectivity index (χ4n) is 2.67. The monoisotopic (exact) mass is 257 g/mol. The second kappa shape index (κ2) is 8.13. The minimum atomic E-state index is 0.385. The summed E-state index contributed by atoms with van der Waals surface area (Å²) in [5, 5.41) is 3.54. The van der Waals surface area contributed by atoms with Crippen LogP contribution in [0.25, 0.3) is 0 Å². The van der Waals surface area contributed by atoms with Crippen molar-refractivity contribution >= 4 is 0 Å². The van der Waals surface area contributed by atoms with E-state index in [-0.39, 0.29) is 0 Å². The van der Waals surface area contributed by atoms with Crippen molar-refractivity contribution in [3.05, 3.63) is 0 Å². The second-order valence-corrected chi connectivity index (χ2v) is 6.24. The summed E-state index contributed by atoms with van der Waals surface area (Å²) in [6.07, 6.45) is 3.79. The normalized spacial score (nSPS) is 21.2. The number of methoxy groups -OCH3 is 1. The highest BCUT2D eigenvalue weighted by molar-refractivity contribution is 4.83. The van der Waals surface area contributed by atoms with Gasteiger partial charge in [-0.2, -0.15) is 0 Å². The molecular formula is C15H31NO2. The van der Waals surface area contributed by atoms with Crippen LogP contribution >= 0.6 is 0 Å². The third kappa shape index (κ3) is 5.25. The minimum absolute atomic E-state index is 0.385. The van der Waals surface area contributed by atoms with Gasteiger partial charge in [-0.15, -0.1) is 0 Å². The van der Waals surface area contributed by atoms with E-state index in [0.717, 1.165) is 38.8 Å². The zero-order valence-electron chi connectivity index (χ0n) is 12.6. The molecule has 1 N–H and O–H groups in total. The first-order valence-corrected chi connectivity index (χ1v) is 7.36. The number of hydrogen-bond acceptors (Lipinski definition) is 3. The van der Waals surface area contributed by atoms with Gasteiger partial charge in [-0.25, -0.2) is 0 Å². The molecule has 3 heteroatoms. The average Bonchev–Trinajstić information content (AvgIpc) is 2.36. The SMILES string of the molecule is COCCNCC(C)(CC1CCOCC1)C(C)C. The third-order valence-corrected chi connectivity index (χ3v) is 4.50. The molecule has 1 rings (SSSR count). The van der Waals surface area contributed by atoms with Gasteiger partial charge in [-0.3, -0.25) is 0 Å². The van der Waals surface area contributed by atoms with Gasteiger partial charge in [0.25, 0.3) is 0 Å². The fourth-order valence-corrected chi connectivity index (χ4v) is 2.67. The Kier molecular flexibility index (Phi) is 7.20. The van der Waals surface area contributed by atoms with Crippen LogP contribution < -0.4 is 5.32 Å². The Hall–Kier alpha value is -0.120. The van der Waals surface area contributed by atoms with Crippen LogP contribution in [0, 0.1) is 17.3 Å². The van der Waals surface area contributed by atoms with Crippen molar-refractivity contribution < 1.29 is 9.47 Å². The summed E-state index contributed by atoms with van der Waals surface area (Å²) in [5.74, 6) is 1.55. The van der Waals surface area contributed by atoms with Crippen molar-refractivity contribution in [2.24, 2.45) is 17.3 Å². The Morgan fingerprint density at radius 3 is 2.56 bits per heavy atom. The molecule has 1 aliphatic rings. The van der Waals surface area contributed by atoms with E-state index in [1.165, 1.54) is 19.3 Å². The van der Waals surface area contributed by atoms with Crippen molar-refractivity contribution in [2.75, 3.05) is 40.0 Å². The van der Waals surface area contributed by atoms with E-state index in [4.69, 9.17) is 9.47 Å². The fraction of sp³-hybridized carbons (Fsp3) is 1.00. The molecule has 1 aliphatic heterocycles. The van der Waals surface area contributed by atoms with Crippen molar-refractivity contribution in [1.29, 1.82) is 0 Å².